The molecular weight excluding hydrogens is 482 g/mol. The van der Waals surface area contributed by atoms with Crippen LogP contribution in [-0.4, -0.2) is 40.9 Å². The Hall–Kier alpha value is -4.99. The van der Waals surface area contributed by atoms with Crippen LogP contribution in [0.15, 0.2) is 69.9 Å². The minimum absolute atomic E-state index is 0.127. The van der Waals surface area contributed by atoms with E-state index in [0.717, 1.165) is 6.07 Å². The second-order valence-electron chi connectivity index (χ2n) is 8.16. The molecule has 10 heteroatoms. The van der Waals surface area contributed by atoms with Gasteiger partial charge < -0.3 is 34.9 Å². The summed E-state index contributed by atoms with van der Waals surface area (Å²) in [6, 6.07) is 16.1. The molecule has 0 bridgehead atoms. The Morgan fingerprint density at radius 3 is 2.38 bits per heavy atom. The van der Waals surface area contributed by atoms with Crippen LogP contribution in [0, 0.1) is 0 Å². The first-order valence-corrected chi connectivity index (χ1v) is 11.1. The van der Waals surface area contributed by atoms with Crippen LogP contribution in [0.5, 0.6) is 23.0 Å². The van der Waals surface area contributed by atoms with Crippen LogP contribution in [-0.2, 0) is 14.3 Å². The number of hydrogen-bond acceptors (Lipinski definition) is 9. The van der Waals surface area contributed by atoms with Gasteiger partial charge in [0.05, 0.1) is 13.5 Å². The summed E-state index contributed by atoms with van der Waals surface area (Å²) < 4.78 is 16.2. The predicted octanol–water partition coefficient (Wildman–Crippen LogP) is 3.14. The molecular formula is C27H23NO9. The Morgan fingerprint density at radius 1 is 0.973 bits per heavy atom. The van der Waals surface area contributed by atoms with Crippen molar-refractivity contribution in [2.45, 2.75) is 12.3 Å². The Bertz CT molecular complexity index is 1540. The first-order valence-electron chi connectivity index (χ1n) is 11.1. The zero-order valence-electron chi connectivity index (χ0n) is 19.6. The third-order valence-electron chi connectivity index (χ3n) is 5.78. The Labute approximate surface area is 210 Å². The molecule has 10 nitrogen and oxygen atoms in total. The summed E-state index contributed by atoms with van der Waals surface area (Å²) in [4.78, 5) is 36.7. The van der Waals surface area contributed by atoms with Crippen molar-refractivity contribution in [1.29, 1.82) is 0 Å². The van der Waals surface area contributed by atoms with Crippen molar-refractivity contribution >= 4 is 22.8 Å². The van der Waals surface area contributed by atoms with Crippen molar-refractivity contribution in [1.82, 2.24) is 0 Å². The largest absolute Gasteiger partial charge is 0.504 e. The van der Waals surface area contributed by atoms with E-state index in [1.165, 1.54) is 13.2 Å². The van der Waals surface area contributed by atoms with Crippen molar-refractivity contribution in [2.75, 3.05) is 13.7 Å². The Morgan fingerprint density at radius 2 is 1.70 bits per heavy atom. The van der Waals surface area contributed by atoms with Crippen LogP contribution in [0.25, 0.3) is 22.3 Å². The molecule has 4 aromatic rings. The van der Waals surface area contributed by atoms with Gasteiger partial charge in [-0.1, -0.05) is 42.5 Å². The van der Waals surface area contributed by atoms with E-state index in [9.17, 15) is 29.7 Å². The summed E-state index contributed by atoms with van der Waals surface area (Å²) in [5.41, 5.74) is 5.06. The van der Waals surface area contributed by atoms with Crippen LogP contribution in [0.2, 0.25) is 0 Å². The molecule has 5 N–H and O–H groups in total. The molecule has 37 heavy (non-hydrogen) atoms. The SMILES string of the molecule is COC(=O)C[C@@H](c1cccc(OCC(N)=O)c1)c1c(O)c(O)c(O)c2c(=O)cc(-c3ccccc3)oc12. The molecule has 0 aliphatic carbocycles. The number of methoxy groups -OCH3 is 1. The van der Waals surface area contributed by atoms with Crippen molar-refractivity contribution in [3.8, 4) is 34.3 Å². The smallest absolute Gasteiger partial charge is 0.306 e. The molecule has 1 aromatic heterocycles. The lowest BCUT2D eigenvalue weighted by atomic mass is 9.86. The number of carbonyl (C=O) groups is 2. The second-order valence-corrected chi connectivity index (χ2v) is 8.16. The van der Waals surface area contributed by atoms with Crippen LogP contribution in [0.3, 0.4) is 0 Å². The van der Waals surface area contributed by atoms with Crippen molar-refractivity contribution in [3.05, 3.63) is 82.0 Å². The molecule has 0 unspecified atom stereocenters. The number of phenolic OH excluding ortho intramolecular Hbond substituents is 3. The van der Waals surface area contributed by atoms with E-state index >= 15 is 0 Å². The number of ether oxygens (including phenoxy) is 2. The first kappa shape index (κ1) is 25.1. The highest BCUT2D eigenvalue weighted by Gasteiger charge is 2.31. The van der Waals surface area contributed by atoms with Gasteiger partial charge in [-0.3, -0.25) is 14.4 Å². The summed E-state index contributed by atoms with van der Waals surface area (Å²) in [6.45, 7) is -0.394. The number of nitrogens with two attached hydrogens (primary N) is 1. The highest BCUT2D eigenvalue weighted by molar-refractivity contribution is 5.93. The summed E-state index contributed by atoms with van der Waals surface area (Å²) in [7, 11) is 1.19. The Kier molecular flexibility index (Phi) is 7.01. The second kappa shape index (κ2) is 10.3. The number of aromatic hydroxyl groups is 3. The van der Waals surface area contributed by atoms with Gasteiger partial charge in [-0.05, 0) is 17.7 Å². The van der Waals surface area contributed by atoms with Crippen molar-refractivity contribution in [2.24, 2.45) is 5.73 Å². The third kappa shape index (κ3) is 5.03. The minimum Gasteiger partial charge on any atom is -0.504 e. The zero-order valence-corrected chi connectivity index (χ0v) is 19.6. The number of phenols is 3. The fourth-order valence-corrected chi connectivity index (χ4v) is 4.05. The zero-order chi connectivity index (χ0) is 26.7. The van der Waals surface area contributed by atoms with Gasteiger partial charge in [0.2, 0.25) is 5.75 Å². The van der Waals surface area contributed by atoms with E-state index in [2.05, 4.69) is 0 Å². The number of fused-ring (bicyclic) bond motifs is 1. The molecule has 1 heterocycles. The minimum atomic E-state index is -1.03. The molecule has 0 saturated heterocycles. The van der Waals surface area contributed by atoms with Gasteiger partial charge in [0.15, 0.2) is 23.5 Å². The number of primary amides is 1. The molecule has 190 valence electrons. The summed E-state index contributed by atoms with van der Waals surface area (Å²) in [5, 5.41) is 31.6. The summed E-state index contributed by atoms with van der Waals surface area (Å²) >= 11 is 0. The molecule has 0 radical (unpaired) electrons. The van der Waals surface area contributed by atoms with Gasteiger partial charge in [-0.15, -0.1) is 0 Å². The number of hydrogen-bond donors (Lipinski definition) is 4. The normalized spacial score (nSPS) is 11.7. The molecule has 1 atom stereocenters. The highest BCUT2D eigenvalue weighted by Crippen LogP contribution is 2.49. The quantitative estimate of drug-likeness (QED) is 0.207. The highest BCUT2D eigenvalue weighted by atomic mass is 16.5. The van der Waals surface area contributed by atoms with Crippen LogP contribution in [0.4, 0.5) is 0 Å². The number of amides is 1. The number of benzene rings is 3. The maximum absolute atomic E-state index is 13.1. The van der Waals surface area contributed by atoms with E-state index < -0.39 is 47.1 Å². The molecule has 1 amide bonds. The van der Waals surface area contributed by atoms with E-state index in [1.807, 2.05) is 0 Å². The molecule has 4 rings (SSSR count). The average molecular weight is 505 g/mol. The van der Waals surface area contributed by atoms with Gasteiger partial charge in [-0.2, -0.15) is 0 Å². The standard InChI is InChI=1S/C27H23NO9/c1-35-21(31)11-17(15-8-5-9-16(10-15)36-13-20(28)30)22-24(32)26(34)25(33)23-18(29)12-19(37-27(22)23)14-6-3-2-4-7-14/h2-10,12,17,32-34H,11,13H2,1H3,(H2,28,30)/t17-/m0/s1. The van der Waals surface area contributed by atoms with Gasteiger partial charge in [0.1, 0.15) is 22.5 Å². The lowest BCUT2D eigenvalue weighted by Gasteiger charge is -2.21. The van der Waals surface area contributed by atoms with Gasteiger partial charge in [0, 0.05) is 23.1 Å². The lowest BCUT2D eigenvalue weighted by Crippen LogP contribution is -2.20. The predicted molar refractivity (Wildman–Crippen MR) is 133 cm³/mol. The van der Waals surface area contributed by atoms with E-state index in [-0.39, 0.29) is 34.5 Å². The monoisotopic (exact) mass is 505 g/mol. The Balaban J connectivity index is 2.01. The van der Waals surface area contributed by atoms with Gasteiger partial charge >= 0.3 is 5.97 Å². The fourth-order valence-electron chi connectivity index (χ4n) is 4.05. The molecule has 3 aromatic carbocycles. The summed E-state index contributed by atoms with van der Waals surface area (Å²) in [5.74, 6) is -4.61. The van der Waals surface area contributed by atoms with Gasteiger partial charge in [0.25, 0.3) is 5.91 Å². The molecule has 0 aliphatic heterocycles. The number of rotatable bonds is 8. The van der Waals surface area contributed by atoms with E-state index in [0.29, 0.717) is 11.1 Å². The average Bonchev–Trinajstić information content (AvgIpc) is 2.90. The van der Waals surface area contributed by atoms with E-state index in [4.69, 9.17) is 19.6 Å². The van der Waals surface area contributed by atoms with Crippen molar-refractivity contribution in [3.63, 3.8) is 0 Å². The van der Waals surface area contributed by atoms with E-state index in [1.54, 1.807) is 48.5 Å². The molecule has 0 spiro atoms. The van der Waals surface area contributed by atoms with Crippen LogP contribution < -0.4 is 15.9 Å². The van der Waals surface area contributed by atoms with Crippen LogP contribution >= 0.6 is 0 Å². The maximum Gasteiger partial charge on any atom is 0.306 e. The third-order valence-corrected chi connectivity index (χ3v) is 5.78. The van der Waals surface area contributed by atoms with Gasteiger partial charge in [-0.25, -0.2) is 0 Å². The number of esters is 1. The first-order chi connectivity index (χ1) is 17.7. The molecule has 0 aliphatic rings. The fraction of sp³-hybridized carbons (Fsp3) is 0.148. The maximum atomic E-state index is 13.1. The topological polar surface area (TPSA) is 170 Å². The summed E-state index contributed by atoms with van der Waals surface area (Å²) in [6.07, 6.45) is -0.345. The van der Waals surface area contributed by atoms with Crippen LogP contribution in [0.1, 0.15) is 23.5 Å². The lowest BCUT2D eigenvalue weighted by molar-refractivity contribution is -0.140. The van der Waals surface area contributed by atoms with Crippen molar-refractivity contribution < 1.29 is 38.8 Å². The molecule has 0 fully saturated rings. The molecule has 0 saturated carbocycles. The number of carbonyl (C=O) groups excluding carboxylic acids is 2.